The summed E-state index contributed by atoms with van der Waals surface area (Å²) in [5, 5.41) is 10.7. The molecule has 4 heteroatoms. The van der Waals surface area contributed by atoms with Crippen molar-refractivity contribution in [3.8, 4) is 11.5 Å². The smallest absolute Gasteiger partial charge is 0.232 e. The van der Waals surface area contributed by atoms with Crippen LogP contribution in [0, 0.1) is 6.92 Å². The van der Waals surface area contributed by atoms with Gasteiger partial charge in [0.1, 0.15) is 11.5 Å². The van der Waals surface area contributed by atoms with Crippen LogP contribution in [-0.2, 0) is 12.0 Å². The zero-order valence-corrected chi connectivity index (χ0v) is 19.7. The van der Waals surface area contributed by atoms with Gasteiger partial charge >= 0.3 is 0 Å². The Morgan fingerprint density at radius 3 is 2.23 bits per heavy atom. The summed E-state index contributed by atoms with van der Waals surface area (Å²) in [7, 11) is 0. The minimum atomic E-state index is -0.119. The first-order valence-electron chi connectivity index (χ1n) is 11.3. The maximum atomic E-state index is 13.2. The molecule has 3 rings (SSSR count). The molecule has 0 fully saturated rings. The number of benzene rings is 2. The molecular formula is C27H35NO3. The molecule has 0 spiro atoms. The van der Waals surface area contributed by atoms with Crippen LogP contribution in [0.4, 0.5) is 0 Å². The Morgan fingerprint density at radius 1 is 1.06 bits per heavy atom. The fourth-order valence-corrected chi connectivity index (χ4v) is 4.09. The zero-order valence-electron chi connectivity index (χ0n) is 19.7. The van der Waals surface area contributed by atoms with Gasteiger partial charge in [-0.15, -0.1) is 0 Å². The second-order valence-electron chi connectivity index (χ2n) is 9.48. The van der Waals surface area contributed by atoms with Crippen molar-refractivity contribution in [3.63, 3.8) is 0 Å². The van der Waals surface area contributed by atoms with Crippen LogP contribution in [0.3, 0.4) is 0 Å². The van der Waals surface area contributed by atoms with E-state index in [0.717, 1.165) is 37.1 Å². The minimum absolute atomic E-state index is 0.0774. The van der Waals surface area contributed by atoms with Crippen LogP contribution in [-0.4, -0.2) is 28.9 Å². The van der Waals surface area contributed by atoms with Crippen LogP contribution in [0.15, 0.2) is 36.1 Å². The topological polar surface area (TPSA) is 49.8 Å². The van der Waals surface area contributed by atoms with E-state index >= 15 is 0 Å². The van der Waals surface area contributed by atoms with E-state index in [2.05, 4.69) is 51.7 Å². The molecule has 0 saturated heterocycles. The van der Waals surface area contributed by atoms with Gasteiger partial charge in [0.05, 0.1) is 11.1 Å². The quantitative estimate of drug-likeness (QED) is 0.538. The highest BCUT2D eigenvalue weighted by molar-refractivity contribution is 6.15. The highest BCUT2D eigenvalue weighted by Gasteiger charge is 2.33. The molecule has 166 valence electrons. The lowest BCUT2D eigenvalue weighted by Crippen LogP contribution is -2.25. The summed E-state index contributed by atoms with van der Waals surface area (Å²) in [5.74, 6) is 0.895. The van der Waals surface area contributed by atoms with Gasteiger partial charge in [0, 0.05) is 6.54 Å². The molecule has 0 bridgehead atoms. The Kier molecular flexibility index (Phi) is 6.90. The zero-order chi connectivity index (χ0) is 22.8. The second kappa shape index (κ2) is 9.27. The Labute approximate surface area is 186 Å². The highest BCUT2D eigenvalue weighted by Crippen LogP contribution is 2.42. The van der Waals surface area contributed by atoms with Gasteiger partial charge in [0.25, 0.3) is 0 Å². The third-order valence-corrected chi connectivity index (χ3v) is 5.76. The molecular weight excluding hydrogens is 386 g/mol. The maximum Gasteiger partial charge on any atom is 0.232 e. The second-order valence-corrected chi connectivity index (χ2v) is 9.48. The summed E-state index contributed by atoms with van der Waals surface area (Å²) in [4.78, 5) is 15.5. The molecule has 0 aliphatic carbocycles. The SMILES string of the molecule is CCCN(CCC)Cc1c(O)cc(C)c2c1O/C(=C/c1ccc(C(C)(C)C)cc1)C2=O. The number of hydrogen-bond acceptors (Lipinski definition) is 4. The molecule has 1 aliphatic rings. The summed E-state index contributed by atoms with van der Waals surface area (Å²) in [6.07, 6.45) is 3.86. The van der Waals surface area contributed by atoms with Gasteiger partial charge in [-0.25, -0.2) is 0 Å². The van der Waals surface area contributed by atoms with E-state index in [1.54, 1.807) is 12.1 Å². The van der Waals surface area contributed by atoms with Crippen molar-refractivity contribution in [2.75, 3.05) is 13.1 Å². The number of aromatic hydroxyl groups is 1. The fourth-order valence-electron chi connectivity index (χ4n) is 4.09. The van der Waals surface area contributed by atoms with E-state index in [1.165, 1.54) is 5.56 Å². The van der Waals surface area contributed by atoms with Crippen molar-refractivity contribution < 1.29 is 14.6 Å². The van der Waals surface area contributed by atoms with E-state index < -0.39 is 0 Å². The molecule has 4 nitrogen and oxygen atoms in total. The van der Waals surface area contributed by atoms with E-state index in [4.69, 9.17) is 4.74 Å². The summed E-state index contributed by atoms with van der Waals surface area (Å²) in [6.45, 7) is 15.1. The monoisotopic (exact) mass is 421 g/mol. The molecule has 0 saturated carbocycles. The van der Waals surface area contributed by atoms with E-state index in [-0.39, 0.29) is 16.9 Å². The van der Waals surface area contributed by atoms with Gasteiger partial charge in [0.2, 0.25) is 5.78 Å². The van der Waals surface area contributed by atoms with Crippen molar-refractivity contribution in [2.45, 2.75) is 66.3 Å². The molecule has 0 atom stereocenters. The number of ether oxygens (including phenoxy) is 1. The predicted molar refractivity (Wildman–Crippen MR) is 127 cm³/mol. The lowest BCUT2D eigenvalue weighted by Gasteiger charge is -2.22. The number of phenolic OH excluding ortho intramolecular Hbond substituents is 1. The average Bonchev–Trinajstić information content (AvgIpc) is 3.01. The molecule has 1 heterocycles. The molecule has 2 aromatic carbocycles. The number of rotatable bonds is 7. The predicted octanol–water partition coefficient (Wildman–Crippen LogP) is 6.24. The van der Waals surface area contributed by atoms with Crippen LogP contribution in [0.25, 0.3) is 6.08 Å². The van der Waals surface area contributed by atoms with Crippen LogP contribution >= 0.6 is 0 Å². The average molecular weight is 422 g/mol. The molecule has 0 unspecified atom stereocenters. The van der Waals surface area contributed by atoms with Crippen molar-refractivity contribution in [3.05, 3.63) is 63.9 Å². The van der Waals surface area contributed by atoms with Gasteiger partial charge in [-0.1, -0.05) is 58.9 Å². The normalized spacial score (nSPS) is 14.9. The Bertz CT molecular complexity index is 975. The van der Waals surface area contributed by atoms with Crippen LogP contribution in [0.1, 0.15) is 80.1 Å². The summed E-state index contributed by atoms with van der Waals surface area (Å²) in [6, 6.07) is 9.90. The number of carbonyl (C=O) groups excluding carboxylic acids is 1. The van der Waals surface area contributed by atoms with Crippen LogP contribution < -0.4 is 4.74 Å². The van der Waals surface area contributed by atoms with Gasteiger partial charge in [0.15, 0.2) is 5.76 Å². The third kappa shape index (κ3) is 5.01. The van der Waals surface area contributed by atoms with Gasteiger partial charge in [-0.05, 0) is 67.1 Å². The number of carbonyl (C=O) groups is 1. The molecule has 31 heavy (non-hydrogen) atoms. The number of ketones is 1. The lowest BCUT2D eigenvalue weighted by atomic mass is 9.86. The molecule has 0 aromatic heterocycles. The Hall–Kier alpha value is -2.59. The molecule has 0 amide bonds. The lowest BCUT2D eigenvalue weighted by molar-refractivity contribution is 0.101. The Balaban J connectivity index is 1.95. The highest BCUT2D eigenvalue weighted by atomic mass is 16.5. The van der Waals surface area contributed by atoms with E-state index in [1.807, 2.05) is 19.1 Å². The van der Waals surface area contributed by atoms with Crippen LogP contribution in [0.2, 0.25) is 0 Å². The number of aryl methyl sites for hydroxylation is 1. The number of Topliss-reactive ketones (excluding diaryl/α,β-unsaturated/α-hetero) is 1. The first-order chi connectivity index (χ1) is 14.7. The maximum absolute atomic E-state index is 13.2. The van der Waals surface area contributed by atoms with Crippen molar-refractivity contribution in [1.82, 2.24) is 4.90 Å². The van der Waals surface area contributed by atoms with Crippen molar-refractivity contribution >= 4 is 11.9 Å². The van der Waals surface area contributed by atoms with Gasteiger partial charge in [-0.3, -0.25) is 9.69 Å². The molecule has 2 aromatic rings. The van der Waals surface area contributed by atoms with Gasteiger partial charge in [-0.2, -0.15) is 0 Å². The number of hydrogen-bond donors (Lipinski definition) is 1. The summed E-state index contributed by atoms with van der Waals surface area (Å²) >= 11 is 0. The number of fused-ring (bicyclic) bond motifs is 1. The molecule has 0 radical (unpaired) electrons. The largest absolute Gasteiger partial charge is 0.507 e. The standard InChI is InChI=1S/C27H35NO3/c1-7-13-28(14-8-2)17-21-22(29)15-18(3)24-25(30)23(31-26(21)24)16-19-9-11-20(12-10-19)27(4,5)6/h9-12,15-16,29H,7-8,13-14,17H2,1-6H3/b23-16+. The summed E-state index contributed by atoms with van der Waals surface area (Å²) < 4.78 is 6.10. The Morgan fingerprint density at radius 2 is 1.68 bits per heavy atom. The first-order valence-corrected chi connectivity index (χ1v) is 11.3. The van der Waals surface area contributed by atoms with Crippen molar-refractivity contribution in [1.29, 1.82) is 0 Å². The third-order valence-electron chi connectivity index (χ3n) is 5.76. The van der Waals surface area contributed by atoms with Crippen LogP contribution in [0.5, 0.6) is 11.5 Å². The number of allylic oxidation sites excluding steroid dienone is 1. The van der Waals surface area contributed by atoms with E-state index in [9.17, 15) is 9.90 Å². The fraction of sp³-hybridized carbons (Fsp3) is 0.444. The first kappa shape index (κ1) is 23.1. The van der Waals surface area contributed by atoms with Crippen molar-refractivity contribution in [2.24, 2.45) is 0 Å². The minimum Gasteiger partial charge on any atom is -0.507 e. The van der Waals surface area contributed by atoms with Gasteiger partial charge < -0.3 is 9.84 Å². The number of nitrogens with zero attached hydrogens (tertiary/aromatic N) is 1. The van der Waals surface area contributed by atoms with E-state index in [0.29, 0.717) is 29.2 Å². The molecule has 1 N–H and O–H groups in total. The summed E-state index contributed by atoms with van der Waals surface area (Å²) in [5.41, 5.74) is 4.25. The number of phenols is 1. The molecule has 1 aliphatic heterocycles.